The third-order valence-electron chi connectivity index (χ3n) is 4.02. The highest BCUT2D eigenvalue weighted by Gasteiger charge is 2.13. The van der Waals surface area contributed by atoms with Gasteiger partial charge in [-0.25, -0.2) is 9.97 Å². The maximum Gasteiger partial charge on any atom is 0.165 e. The van der Waals surface area contributed by atoms with Crippen molar-refractivity contribution < 1.29 is 5.11 Å². The van der Waals surface area contributed by atoms with Gasteiger partial charge in [0.2, 0.25) is 0 Å². The number of hydrogen-bond donors (Lipinski definition) is 3. The van der Waals surface area contributed by atoms with Crippen LogP contribution in [0.4, 0.5) is 5.82 Å². The van der Waals surface area contributed by atoms with E-state index in [1.165, 1.54) is 0 Å². The molecular formula is C21H28N4O. The minimum absolute atomic E-state index is 0.133. The van der Waals surface area contributed by atoms with Crippen molar-refractivity contribution in [2.24, 2.45) is 0 Å². The highest BCUT2D eigenvalue weighted by atomic mass is 16.3. The second kappa shape index (κ2) is 9.73. The molecule has 1 aliphatic carbocycles. The van der Waals surface area contributed by atoms with Gasteiger partial charge in [0.1, 0.15) is 11.6 Å². The fourth-order valence-corrected chi connectivity index (χ4v) is 2.68. The molecule has 0 unspecified atom stereocenters. The van der Waals surface area contributed by atoms with Crippen LogP contribution in [0.3, 0.4) is 0 Å². The van der Waals surface area contributed by atoms with Crippen molar-refractivity contribution in [3.8, 4) is 0 Å². The smallest absolute Gasteiger partial charge is 0.165 e. The van der Waals surface area contributed by atoms with Crippen LogP contribution in [0.25, 0.3) is 17.7 Å². The topological polar surface area (TPSA) is 70.1 Å². The van der Waals surface area contributed by atoms with Crippen molar-refractivity contribution in [3.05, 3.63) is 58.6 Å². The Balaban J connectivity index is 2.59. The molecular weight excluding hydrogens is 324 g/mol. The first-order chi connectivity index (χ1) is 12.6. The van der Waals surface area contributed by atoms with Gasteiger partial charge in [-0.1, -0.05) is 37.3 Å². The maximum absolute atomic E-state index is 10.3. The first-order valence-corrected chi connectivity index (χ1v) is 9.00. The second-order valence-electron chi connectivity index (χ2n) is 6.00. The summed E-state index contributed by atoms with van der Waals surface area (Å²) in [4.78, 5) is 9.40. The number of anilines is 1. The molecule has 5 heteroatoms. The number of allylic oxidation sites excluding steroid dienone is 6. The summed E-state index contributed by atoms with van der Waals surface area (Å²) in [6.07, 6.45) is 12.2. The first kappa shape index (κ1) is 19.7. The van der Waals surface area contributed by atoms with E-state index in [1.807, 2.05) is 0 Å². The number of nitrogens with one attached hydrogen (secondary N) is 2. The van der Waals surface area contributed by atoms with Crippen LogP contribution in [0.2, 0.25) is 0 Å². The zero-order chi connectivity index (χ0) is 18.9. The van der Waals surface area contributed by atoms with E-state index in [0.717, 1.165) is 48.0 Å². The molecule has 0 fully saturated rings. The Morgan fingerprint density at radius 1 is 1.31 bits per heavy atom. The van der Waals surface area contributed by atoms with Crippen LogP contribution < -0.4 is 21.2 Å². The lowest BCUT2D eigenvalue weighted by Crippen LogP contribution is -2.35. The Labute approximate surface area is 155 Å². The normalized spacial score (nSPS) is 14.5. The molecule has 2 rings (SSSR count). The van der Waals surface area contributed by atoms with Gasteiger partial charge in [0, 0.05) is 18.3 Å². The summed E-state index contributed by atoms with van der Waals surface area (Å²) in [6, 6.07) is 0. The molecule has 1 aliphatic rings. The Hall–Kier alpha value is -2.66. The molecule has 0 radical (unpaired) electrons. The van der Waals surface area contributed by atoms with Crippen LogP contribution in [0.1, 0.15) is 33.0 Å². The monoisotopic (exact) mass is 352 g/mol. The fraction of sp³-hybridized carbons (Fsp3) is 0.333. The van der Waals surface area contributed by atoms with E-state index in [4.69, 9.17) is 9.97 Å². The van der Waals surface area contributed by atoms with Gasteiger partial charge in [0.25, 0.3) is 0 Å². The van der Waals surface area contributed by atoms with Crippen molar-refractivity contribution in [3.63, 3.8) is 0 Å². The number of likely N-dealkylation sites (N-methyl/N-ethyl adjacent to an activating group) is 1. The van der Waals surface area contributed by atoms with E-state index in [0.29, 0.717) is 11.4 Å². The third kappa shape index (κ3) is 4.92. The SMILES string of the molecule is C=C/C=C(\C(O)=C/C)c1nc(NCCNCC)c2c(n1)=CC(C)=CCC=2. The van der Waals surface area contributed by atoms with Gasteiger partial charge < -0.3 is 15.7 Å². The summed E-state index contributed by atoms with van der Waals surface area (Å²) < 4.78 is 0. The van der Waals surface area contributed by atoms with Crippen molar-refractivity contribution in [1.82, 2.24) is 15.3 Å². The van der Waals surface area contributed by atoms with E-state index in [1.54, 1.807) is 25.2 Å². The van der Waals surface area contributed by atoms with E-state index >= 15 is 0 Å². The molecule has 0 aliphatic heterocycles. The Bertz CT molecular complexity index is 863. The van der Waals surface area contributed by atoms with Gasteiger partial charge in [-0.2, -0.15) is 0 Å². The number of aliphatic hydroxyl groups excluding tert-OH is 1. The second-order valence-corrected chi connectivity index (χ2v) is 6.00. The van der Waals surface area contributed by atoms with E-state index in [-0.39, 0.29) is 5.76 Å². The fourth-order valence-electron chi connectivity index (χ4n) is 2.68. The predicted molar refractivity (Wildman–Crippen MR) is 110 cm³/mol. The average molecular weight is 352 g/mol. The van der Waals surface area contributed by atoms with Crippen molar-refractivity contribution >= 4 is 23.5 Å². The van der Waals surface area contributed by atoms with Crippen LogP contribution in [0, 0.1) is 0 Å². The van der Waals surface area contributed by atoms with Crippen LogP contribution in [0.5, 0.6) is 0 Å². The lowest BCUT2D eigenvalue weighted by Gasteiger charge is -2.11. The minimum Gasteiger partial charge on any atom is -0.508 e. The number of rotatable bonds is 8. The summed E-state index contributed by atoms with van der Waals surface area (Å²) in [5.41, 5.74) is 1.71. The summed E-state index contributed by atoms with van der Waals surface area (Å²) in [5.74, 6) is 1.39. The largest absolute Gasteiger partial charge is 0.508 e. The summed E-state index contributed by atoms with van der Waals surface area (Å²) in [5, 5.41) is 18.8. The highest BCUT2D eigenvalue weighted by molar-refractivity contribution is 5.74. The molecule has 1 aromatic heterocycles. The van der Waals surface area contributed by atoms with Crippen molar-refractivity contribution in [1.29, 1.82) is 0 Å². The van der Waals surface area contributed by atoms with Crippen LogP contribution in [-0.2, 0) is 0 Å². The van der Waals surface area contributed by atoms with Crippen molar-refractivity contribution in [2.45, 2.75) is 27.2 Å². The zero-order valence-electron chi connectivity index (χ0n) is 15.8. The molecule has 0 atom stereocenters. The molecule has 26 heavy (non-hydrogen) atoms. The summed E-state index contributed by atoms with van der Waals surface area (Å²) in [7, 11) is 0. The molecule has 0 saturated heterocycles. The first-order valence-electron chi connectivity index (χ1n) is 9.00. The van der Waals surface area contributed by atoms with Gasteiger partial charge in [-0.3, -0.25) is 0 Å². The minimum atomic E-state index is 0.133. The third-order valence-corrected chi connectivity index (χ3v) is 4.02. The number of hydrogen-bond acceptors (Lipinski definition) is 5. The maximum atomic E-state index is 10.3. The standard InChI is InChI=1S/C21H28N4O/c1-5-9-17(19(26)6-2)21-24-18-14-15(4)10-8-11-16(18)20(25-21)23-13-12-22-7-3/h5-6,9-11,14,22,26H,1,7-8,12-13H2,2-4H3,(H,23,24,25)/b17-9+,19-6+. The average Bonchev–Trinajstić information content (AvgIpc) is 2.83. The molecule has 0 amide bonds. The van der Waals surface area contributed by atoms with Crippen LogP contribution >= 0.6 is 0 Å². The number of fused-ring (bicyclic) bond motifs is 1. The number of aliphatic hydroxyl groups is 1. The lowest BCUT2D eigenvalue weighted by molar-refractivity contribution is 0.436. The quantitative estimate of drug-likeness (QED) is 0.381. The lowest BCUT2D eigenvalue weighted by atomic mass is 10.1. The summed E-state index contributed by atoms with van der Waals surface area (Å²) >= 11 is 0. The van der Waals surface area contributed by atoms with E-state index < -0.39 is 0 Å². The molecule has 0 saturated carbocycles. The zero-order valence-corrected chi connectivity index (χ0v) is 15.8. The van der Waals surface area contributed by atoms with E-state index in [9.17, 15) is 5.11 Å². The van der Waals surface area contributed by atoms with Gasteiger partial charge in [0.05, 0.1) is 10.9 Å². The highest BCUT2D eigenvalue weighted by Crippen LogP contribution is 2.17. The number of nitrogens with zero attached hydrogens (tertiary/aromatic N) is 2. The van der Waals surface area contributed by atoms with Crippen LogP contribution in [0.15, 0.2) is 42.2 Å². The Kier molecular flexibility index (Phi) is 7.36. The molecule has 5 nitrogen and oxygen atoms in total. The molecule has 3 N–H and O–H groups in total. The Morgan fingerprint density at radius 3 is 2.81 bits per heavy atom. The molecule has 0 bridgehead atoms. The molecule has 1 aromatic rings. The molecule has 1 heterocycles. The van der Waals surface area contributed by atoms with Crippen LogP contribution in [-0.4, -0.2) is 34.7 Å². The predicted octanol–water partition coefficient (Wildman–Crippen LogP) is 2.44. The van der Waals surface area contributed by atoms with Crippen molar-refractivity contribution in [2.75, 3.05) is 25.0 Å². The summed E-state index contributed by atoms with van der Waals surface area (Å²) in [6.45, 7) is 12.2. The van der Waals surface area contributed by atoms with E-state index in [2.05, 4.69) is 49.3 Å². The Morgan fingerprint density at radius 2 is 2.12 bits per heavy atom. The van der Waals surface area contributed by atoms with Gasteiger partial charge >= 0.3 is 0 Å². The molecule has 0 spiro atoms. The van der Waals surface area contributed by atoms with Gasteiger partial charge in [-0.15, -0.1) is 0 Å². The molecule has 138 valence electrons. The van der Waals surface area contributed by atoms with Gasteiger partial charge in [-0.05, 0) is 45.0 Å². The molecule has 0 aromatic carbocycles. The number of aromatic nitrogens is 2. The van der Waals surface area contributed by atoms with Gasteiger partial charge in [0.15, 0.2) is 5.82 Å².